The molecular formula is C9H16N2. The summed E-state index contributed by atoms with van der Waals surface area (Å²) in [6.07, 6.45) is 7.19. The van der Waals surface area contributed by atoms with E-state index in [-0.39, 0.29) is 0 Å². The zero-order chi connectivity index (χ0) is 8.69. The van der Waals surface area contributed by atoms with E-state index in [1.807, 2.05) is 32.9 Å². The van der Waals surface area contributed by atoms with E-state index < -0.39 is 0 Å². The summed E-state index contributed by atoms with van der Waals surface area (Å²) in [6, 6.07) is 0. The van der Waals surface area contributed by atoms with E-state index in [2.05, 4.69) is 4.99 Å². The molecule has 0 aromatic heterocycles. The Kier molecular flexibility index (Phi) is 5.17. The van der Waals surface area contributed by atoms with Gasteiger partial charge in [0.15, 0.2) is 0 Å². The van der Waals surface area contributed by atoms with Gasteiger partial charge in [-0.05, 0) is 18.9 Å². The largest absolute Gasteiger partial charge is 0.401 e. The number of nitrogens with zero attached hydrogens (tertiary/aromatic N) is 1. The summed E-state index contributed by atoms with van der Waals surface area (Å²) >= 11 is 0. The summed E-state index contributed by atoms with van der Waals surface area (Å²) < 4.78 is 0. The average molecular weight is 152 g/mol. The number of allylic oxidation sites excluding steroid dienone is 3. The molecule has 0 amide bonds. The van der Waals surface area contributed by atoms with Gasteiger partial charge in [0.2, 0.25) is 0 Å². The first kappa shape index (κ1) is 9.95. The van der Waals surface area contributed by atoms with Crippen LogP contribution < -0.4 is 5.73 Å². The second-order valence-electron chi connectivity index (χ2n) is 2.61. The van der Waals surface area contributed by atoms with Gasteiger partial charge >= 0.3 is 0 Å². The molecule has 2 heteroatoms. The molecule has 0 spiro atoms. The third kappa shape index (κ3) is 5.40. The summed E-state index contributed by atoms with van der Waals surface area (Å²) in [5.41, 5.74) is 6.43. The van der Waals surface area contributed by atoms with Crippen LogP contribution in [0.4, 0.5) is 0 Å². The van der Waals surface area contributed by atoms with Crippen molar-refractivity contribution in [1.82, 2.24) is 0 Å². The van der Waals surface area contributed by atoms with Gasteiger partial charge in [0.05, 0.1) is 0 Å². The minimum atomic E-state index is 0.373. The van der Waals surface area contributed by atoms with Crippen molar-refractivity contribution >= 4 is 6.21 Å². The van der Waals surface area contributed by atoms with Crippen LogP contribution in [-0.2, 0) is 0 Å². The Bertz CT molecular complexity index is 176. The monoisotopic (exact) mass is 152 g/mol. The molecule has 0 heterocycles. The first-order chi connectivity index (χ1) is 5.18. The summed E-state index contributed by atoms with van der Waals surface area (Å²) in [5, 5.41) is 0. The molecule has 11 heavy (non-hydrogen) atoms. The molecule has 2 nitrogen and oxygen atoms in total. The molecule has 0 aromatic rings. The van der Waals surface area contributed by atoms with Gasteiger partial charge in [0, 0.05) is 18.1 Å². The van der Waals surface area contributed by atoms with Gasteiger partial charge in [-0.3, -0.25) is 4.99 Å². The Morgan fingerprint density at radius 3 is 2.55 bits per heavy atom. The van der Waals surface area contributed by atoms with Gasteiger partial charge in [-0.25, -0.2) is 0 Å². The molecule has 0 aromatic carbocycles. The summed E-state index contributed by atoms with van der Waals surface area (Å²) in [4.78, 5) is 3.98. The Balaban J connectivity index is 3.91. The Labute approximate surface area is 68.5 Å². The third-order valence-electron chi connectivity index (χ3n) is 1.25. The third-order valence-corrected chi connectivity index (χ3v) is 1.25. The Morgan fingerprint density at radius 2 is 2.09 bits per heavy atom. The highest BCUT2D eigenvalue weighted by Crippen LogP contribution is 2.00. The molecule has 0 saturated carbocycles. The molecule has 0 aliphatic rings. The van der Waals surface area contributed by atoms with Crippen molar-refractivity contribution in [2.45, 2.75) is 20.8 Å². The minimum Gasteiger partial charge on any atom is -0.401 e. The van der Waals surface area contributed by atoms with Crippen molar-refractivity contribution < 1.29 is 0 Å². The van der Waals surface area contributed by atoms with Gasteiger partial charge in [-0.2, -0.15) is 0 Å². The zero-order valence-electron chi connectivity index (χ0n) is 7.41. The van der Waals surface area contributed by atoms with E-state index in [9.17, 15) is 0 Å². The van der Waals surface area contributed by atoms with Crippen LogP contribution in [0.15, 0.2) is 29.0 Å². The molecule has 0 saturated heterocycles. The molecule has 0 unspecified atom stereocenters. The Morgan fingerprint density at radius 1 is 1.45 bits per heavy atom. The lowest BCUT2D eigenvalue weighted by Gasteiger charge is -2.00. The smallest absolute Gasteiger partial charge is 0.0458 e. The van der Waals surface area contributed by atoms with Crippen molar-refractivity contribution in [1.29, 1.82) is 0 Å². The summed E-state index contributed by atoms with van der Waals surface area (Å²) in [7, 11) is 0. The van der Waals surface area contributed by atoms with E-state index in [0.717, 1.165) is 5.70 Å². The predicted molar refractivity (Wildman–Crippen MR) is 50.4 cm³/mol. The van der Waals surface area contributed by atoms with Crippen LogP contribution >= 0.6 is 0 Å². The molecule has 0 radical (unpaired) electrons. The van der Waals surface area contributed by atoms with Crippen LogP contribution in [-0.4, -0.2) is 6.21 Å². The lowest BCUT2D eigenvalue weighted by atomic mass is 10.2. The van der Waals surface area contributed by atoms with E-state index in [0.29, 0.717) is 5.92 Å². The van der Waals surface area contributed by atoms with Gasteiger partial charge in [0.1, 0.15) is 0 Å². The first-order valence-corrected chi connectivity index (χ1v) is 3.78. The van der Waals surface area contributed by atoms with E-state index in [1.165, 1.54) is 0 Å². The van der Waals surface area contributed by atoms with Gasteiger partial charge in [0.25, 0.3) is 0 Å². The zero-order valence-corrected chi connectivity index (χ0v) is 7.41. The maximum Gasteiger partial charge on any atom is 0.0458 e. The van der Waals surface area contributed by atoms with Gasteiger partial charge in [-0.15, -0.1) is 0 Å². The quantitative estimate of drug-likeness (QED) is 0.618. The maximum atomic E-state index is 5.62. The molecule has 62 valence electrons. The van der Waals surface area contributed by atoms with Crippen molar-refractivity contribution in [2.24, 2.45) is 16.6 Å². The van der Waals surface area contributed by atoms with Crippen molar-refractivity contribution in [2.75, 3.05) is 0 Å². The number of hydrogen-bond donors (Lipinski definition) is 1. The molecule has 0 rings (SSSR count). The van der Waals surface area contributed by atoms with Crippen molar-refractivity contribution in [3.63, 3.8) is 0 Å². The van der Waals surface area contributed by atoms with E-state index >= 15 is 0 Å². The lowest BCUT2D eigenvalue weighted by Crippen LogP contribution is -2.03. The number of nitrogens with two attached hydrogens (primary N) is 1. The molecule has 0 bridgehead atoms. The van der Waals surface area contributed by atoms with Crippen molar-refractivity contribution in [3.8, 4) is 0 Å². The average Bonchev–Trinajstić information content (AvgIpc) is 1.97. The SMILES string of the molecule is C\C=C/C=N\C=C(/N)C(C)C. The number of aliphatic imine (C=N–C) groups is 1. The molecule has 0 aliphatic carbocycles. The number of hydrogen-bond acceptors (Lipinski definition) is 2. The number of rotatable bonds is 3. The van der Waals surface area contributed by atoms with Crippen LogP contribution in [0.5, 0.6) is 0 Å². The fraction of sp³-hybridized carbons (Fsp3) is 0.444. The highest BCUT2D eigenvalue weighted by Gasteiger charge is 1.93. The van der Waals surface area contributed by atoms with Gasteiger partial charge < -0.3 is 5.73 Å². The molecule has 0 fully saturated rings. The molecular weight excluding hydrogens is 136 g/mol. The second kappa shape index (κ2) is 5.71. The highest BCUT2D eigenvalue weighted by molar-refractivity contribution is 5.71. The van der Waals surface area contributed by atoms with Crippen LogP contribution in [0, 0.1) is 5.92 Å². The summed E-state index contributed by atoms with van der Waals surface area (Å²) in [6.45, 7) is 6.02. The normalized spacial score (nSPS) is 14.0. The molecule has 2 N–H and O–H groups in total. The first-order valence-electron chi connectivity index (χ1n) is 3.78. The minimum absolute atomic E-state index is 0.373. The summed E-state index contributed by atoms with van der Waals surface area (Å²) in [5.74, 6) is 0.373. The molecule has 0 aliphatic heterocycles. The standard InChI is InChI=1S/C9H16N2/c1-4-5-6-11-7-9(10)8(2)3/h4-8H,10H2,1-3H3/b5-4-,9-7-,11-6-. The van der Waals surface area contributed by atoms with E-state index in [4.69, 9.17) is 5.73 Å². The van der Waals surface area contributed by atoms with E-state index in [1.54, 1.807) is 12.4 Å². The van der Waals surface area contributed by atoms with Crippen LogP contribution in [0.2, 0.25) is 0 Å². The maximum absolute atomic E-state index is 5.62. The topological polar surface area (TPSA) is 38.4 Å². The predicted octanol–water partition coefficient (Wildman–Crippen LogP) is 2.09. The second-order valence-corrected chi connectivity index (χ2v) is 2.61. The fourth-order valence-corrected chi connectivity index (χ4v) is 0.414. The fourth-order valence-electron chi connectivity index (χ4n) is 0.414. The van der Waals surface area contributed by atoms with Gasteiger partial charge in [-0.1, -0.05) is 19.9 Å². The molecule has 0 atom stereocenters. The Hall–Kier alpha value is -1.05. The van der Waals surface area contributed by atoms with Crippen molar-refractivity contribution in [3.05, 3.63) is 24.0 Å². The van der Waals surface area contributed by atoms with Crippen LogP contribution in [0.1, 0.15) is 20.8 Å². The highest BCUT2D eigenvalue weighted by atomic mass is 14.7. The van der Waals surface area contributed by atoms with Crippen LogP contribution in [0.25, 0.3) is 0 Å². The van der Waals surface area contributed by atoms with Crippen LogP contribution in [0.3, 0.4) is 0 Å². The lowest BCUT2D eigenvalue weighted by molar-refractivity contribution is 0.754.